The van der Waals surface area contributed by atoms with E-state index in [-0.39, 0.29) is 11.8 Å². The first-order valence-corrected chi connectivity index (χ1v) is 3.95. The van der Waals surface area contributed by atoms with E-state index in [1.54, 1.807) is 25.1 Å². The van der Waals surface area contributed by atoms with E-state index >= 15 is 0 Å². The minimum atomic E-state index is -0.388. The molecule has 0 spiro atoms. The normalized spacial score (nSPS) is 12.2. The van der Waals surface area contributed by atoms with Gasteiger partial charge in [0.05, 0.1) is 18.7 Å². The standard InChI is InChI=1S/C9H12N2O2/c1-6(9(10)12)7-4-3-5-8(11-7)13-2/h3-6H,1-2H3,(H2,10,12). The van der Waals surface area contributed by atoms with Gasteiger partial charge in [0.1, 0.15) is 0 Å². The Morgan fingerprint density at radius 2 is 2.31 bits per heavy atom. The van der Waals surface area contributed by atoms with Gasteiger partial charge in [0.25, 0.3) is 0 Å². The summed E-state index contributed by atoms with van der Waals surface area (Å²) in [5.74, 6) is -0.276. The highest BCUT2D eigenvalue weighted by molar-refractivity contribution is 5.80. The average Bonchev–Trinajstić information content (AvgIpc) is 2.16. The predicted molar refractivity (Wildman–Crippen MR) is 48.4 cm³/mol. The number of ether oxygens (including phenoxy) is 1. The first-order chi connectivity index (χ1) is 6.15. The Bertz CT molecular complexity index is 312. The van der Waals surface area contributed by atoms with E-state index in [0.717, 1.165) is 0 Å². The summed E-state index contributed by atoms with van der Waals surface area (Å²) in [5.41, 5.74) is 5.77. The summed E-state index contributed by atoms with van der Waals surface area (Å²) >= 11 is 0. The van der Waals surface area contributed by atoms with E-state index in [4.69, 9.17) is 10.5 Å². The topological polar surface area (TPSA) is 65.2 Å². The SMILES string of the molecule is COc1cccc(C(C)C(N)=O)n1. The molecule has 0 radical (unpaired) electrons. The van der Waals surface area contributed by atoms with Gasteiger partial charge in [-0.1, -0.05) is 6.07 Å². The molecule has 1 amide bonds. The highest BCUT2D eigenvalue weighted by Crippen LogP contribution is 2.15. The van der Waals surface area contributed by atoms with Crippen molar-refractivity contribution in [3.8, 4) is 5.88 Å². The number of aromatic nitrogens is 1. The van der Waals surface area contributed by atoms with Crippen LogP contribution < -0.4 is 10.5 Å². The first-order valence-electron chi connectivity index (χ1n) is 3.95. The molecule has 1 aromatic rings. The third-order valence-electron chi connectivity index (χ3n) is 1.82. The van der Waals surface area contributed by atoms with Gasteiger partial charge in [-0.25, -0.2) is 4.98 Å². The van der Waals surface area contributed by atoms with Gasteiger partial charge in [0, 0.05) is 6.07 Å². The van der Waals surface area contributed by atoms with Crippen molar-refractivity contribution in [2.45, 2.75) is 12.8 Å². The molecule has 70 valence electrons. The third kappa shape index (κ3) is 2.18. The van der Waals surface area contributed by atoms with Gasteiger partial charge in [-0.15, -0.1) is 0 Å². The Labute approximate surface area is 76.7 Å². The van der Waals surface area contributed by atoms with Crippen LogP contribution in [0, 0.1) is 0 Å². The zero-order chi connectivity index (χ0) is 9.84. The molecule has 1 atom stereocenters. The number of hydrogen-bond donors (Lipinski definition) is 1. The summed E-state index contributed by atoms with van der Waals surface area (Å²) in [5, 5.41) is 0. The molecular weight excluding hydrogens is 168 g/mol. The molecule has 2 N–H and O–H groups in total. The Morgan fingerprint density at radius 3 is 2.85 bits per heavy atom. The smallest absolute Gasteiger partial charge is 0.226 e. The minimum absolute atomic E-state index is 0.380. The van der Waals surface area contributed by atoms with Crippen LogP contribution in [0.1, 0.15) is 18.5 Å². The molecule has 4 nitrogen and oxygen atoms in total. The van der Waals surface area contributed by atoms with Crippen LogP contribution in [0.25, 0.3) is 0 Å². The summed E-state index contributed by atoms with van der Waals surface area (Å²) in [7, 11) is 1.53. The molecule has 0 saturated heterocycles. The van der Waals surface area contributed by atoms with Crippen LogP contribution in [0.3, 0.4) is 0 Å². The second kappa shape index (κ2) is 3.89. The molecule has 0 aliphatic carbocycles. The molecule has 0 fully saturated rings. The average molecular weight is 180 g/mol. The molecule has 1 heterocycles. The van der Waals surface area contributed by atoms with Crippen LogP contribution >= 0.6 is 0 Å². The van der Waals surface area contributed by atoms with Crippen molar-refractivity contribution >= 4 is 5.91 Å². The van der Waals surface area contributed by atoms with Gasteiger partial charge in [-0.3, -0.25) is 4.79 Å². The Kier molecular flexibility index (Phi) is 2.84. The van der Waals surface area contributed by atoms with Crippen LogP contribution in [0.2, 0.25) is 0 Å². The first kappa shape index (κ1) is 9.51. The number of nitrogens with zero attached hydrogens (tertiary/aromatic N) is 1. The molecule has 13 heavy (non-hydrogen) atoms. The molecule has 0 aliphatic rings. The summed E-state index contributed by atoms with van der Waals surface area (Å²) in [6.07, 6.45) is 0. The van der Waals surface area contributed by atoms with Gasteiger partial charge in [-0.2, -0.15) is 0 Å². The zero-order valence-electron chi connectivity index (χ0n) is 7.65. The van der Waals surface area contributed by atoms with Crippen molar-refractivity contribution in [3.63, 3.8) is 0 Å². The Balaban J connectivity index is 2.94. The van der Waals surface area contributed by atoms with E-state index in [9.17, 15) is 4.79 Å². The van der Waals surface area contributed by atoms with Crippen molar-refractivity contribution in [1.82, 2.24) is 4.98 Å². The molecule has 1 unspecified atom stereocenters. The number of pyridine rings is 1. The number of carbonyl (C=O) groups excluding carboxylic acids is 1. The van der Waals surface area contributed by atoms with E-state index in [0.29, 0.717) is 11.6 Å². The fourth-order valence-electron chi connectivity index (χ4n) is 0.931. The minimum Gasteiger partial charge on any atom is -0.481 e. The van der Waals surface area contributed by atoms with Crippen LogP contribution in [0.15, 0.2) is 18.2 Å². The summed E-state index contributed by atoms with van der Waals surface area (Å²) < 4.78 is 4.92. The lowest BCUT2D eigenvalue weighted by Crippen LogP contribution is -2.19. The highest BCUT2D eigenvalue weighted by Gasteiger charge is 2.13. The lowest BCUT2D eigenvalue weighted by atomic mass is 10.1. The monoisotopic (exact) mass is 180 g/mol. The summed E-state index contributed by atoms with van der Waals surface area (Å²) in [6.45, 7) is 1.71. The maximum Gasteiger partial charge on any atom is 0.226 e. The van der Waals surface area contributed by atoms with Crippen LogP contribution in [0.5, 0.6) is 5.88 Å². The molecule has 0 bridgehead atoms. The van der Waals surface area contributed by atoms with Gasteiger partial charge >= 0.3 is 0 Å². The molecule has 0 saturated carbocycles. The second-order valence-electron chi connectivity index (χ2n) is 2.73. The second-order valence-corrected chi connectivity index (χ2v) is 2.73. The number of primary amides is 1. The van der Waals surface area contributed by atoms with E-state index in [1.807, 2.05) is 0 Å². The third-order valence-corrected chi connectivity index (χ3v) is 1.82. The van der Waals surface area contributed by atoms with Gasteiger partial charge < -0.3 is 10.5 Å². The number of hydrogen-bond acceptors (Lipinski definition) is 3. The quantitative estimate of drug-likeness (QED) is 0.743. The summed E-state index contributed by atoms with van der Waals surface area (Å²) in [6, 6.07) is 5.25. The molecule has 1 rings (SSSR count). The predicted octanol–water partition coefficient (Wildman–Crippen LogP) is 0.679. The maximum absolute atomic E-state index is 10.8. The van der Waals surface area contributed by atoms with E-state index in [2.05, 4.69) is 4.98 Å². The fourth-order valence-corrected chi connectivity index (χ4v) is 0.931. The number of nitrogens with two attached hydrogens (primary N) is 1. The maximum atomic E-state index is 10.8. The van der Waals surface area contributed by atoms with Crippen molar-refractivity contribution in [2.24, 2.45) is 5.73 Å². The zero-order valence-corrected chi connectivity index (χ0v) is 7.65. The van der Waals surface area contributed by atoms with Gasteiger partial charge in [0.15, 0.2) is 0 Å². The van der Waals surface area contributed by atoms with Crippen LogP contribution in [-0.2, 0) is 4.79 Å². The van der Waals surface area contributed by atoms with E-state index in [1.165, 1.54) is 7.11 Å². The number of carbonyl (C=O) groups is 1. The molecule has 1 aromatic heterocycles. The van der Waals surface area contributed by atoms with Crippen LogP contribution in [-0.4, -0.2) is 18.0 Å². The number of amides is 1. The largest absolute Gasteiger partial charge is 0.481 e. The highest BCUT2D eigenvalue weighted by atomic mass is 16.5. The lowest BCUT2D eigenvalue weighted by molar-refractivity contribution is -0.119. The van der Waals surface area contributed by atoms with Gasteiger partial charge in [-0.05, 0) is 13.0 Å². The molecule has 4 heteroatoms. The Hall–Kier alpha value is -1.58. The molecule has 0 aliphatic heterocycles. The van der Waals surface area contributed by atoms with Crippen molar-refractivity contribution in [2.75, 3.05) is 7.11 Å². The fraction of sp³-hybridized carbons (Fsp3) is 0.333. The van der Waals surface area contributed by atoms with Crippen molar-refractivity contribution in [1.29, 1.82) is 0 Å². The van der Waals surface area contributed by atoms with Crippen molar-refractivity contribution < 1.29 is 9.53 Å². The van der Waals surface area contributed by atoms with Crippen LogP contribution in [0.4, 0.5) is 0 Å². The van der Waals surface area contributed by atoms with Crippen molar-refractivity contribution in [3.05, 3.63) is 23.9 Å². The van der Waals surface area contributed by atoms with E-state index < -0.39 is 0 Å². The lowest BCUT2D eigenvalue weighted by Gasteiger charge is -2.07. The Morgan fingerprint density at radius 1 is 1.62 bits per heavy atom. The van der Waals surface area contributed by atoms with Gasteiger partial charge in [0.2, 0.25) is 11.8 Å². The number of methoxy groups -OCH3 is 1. The number of rotatable bonds is 3. The molecular formula is C9H12N2O2. The summed E-state index contributed by atoms with van der Waals surface area (Å²) in [4.78, 5) is 14.9. The molecule has 0 aromatic carbocycles.